The first-order valence-corrected chi connectivity index (χ1v) is 11.2. The van der Waals surface area contributed by atoms with Crippen LogP contribution in [0.4, 0.5) is 15.8 Å². The normalized spacial score (nSPS) is 13.3. The molecular formula is C22H24FN3O6S. The molecule has 1 amide bonds. The summed E-state index contributed by atoms with van der Waals surface area (Å²) in [6, 6.07) is 10.9. The topological polar surface area (TPSA) is 144 Å². The standard InChI is InChI=1S/C22H24FN3O6S/c1-13-4-8-19(32-13)16-7-6-15(11-17(16)23)33(29,30)26-18-10-14(5-9-20(18)31-3)25-21(28)22(2,24)12-27/h4-11,26-27H,12,24H2,1-3H3,(H,25,28)/t22-/m0/s1. The third-order valence-corrected chi connectivity index (χ3v) is 6.17. The number of carbonyl (C=O) groups excluding carboxylic acids is 1. The van der Waals surface area contributed by atoms with Crippen LogP contribution in [0.1, 0.15) is 12.7 Å². The van der Waals surface area contributed by atoms with Gasteiger partial charge in [-0.3, -0.25) is 9.52 Å². The number of furan rings is 1. The van der Waals surface area contributed by atoms with Crippen LogP contribution in [0.2, 0.25) is 0 Å². The third-order valence-electron chi connectivity index (χ3n) is 4.81. The molecule has 0 saturated heterocycles. The molecule has 2 aromatic carbocycles. The number of methoxy groups -OCH3 is 1. The first-order valence-electron chi connectivity index (χ1n) is 9.75. The number of rotatable bonds is 8. The van der Waals surface area contributed by atoms with Crippen molar-refractivity contribution in [2.75, 3.05) is 23.8 Å². The van der Waals surface area contributed by atoms with Crippen LogP contribution in [0.15, 0.2) is 57.8 Å². The van der Waals surface area contributed by atoms with Gasteiger partial charge in [-0.25, -0.2) is 12.8 Å². The molecule has 3 rings (SSSR count). The van der Waals surface area contributed by atoms with Gasteiger partial charge < -0.3 is 25.3 Å². The Balaban J connectivity index is 1.90. The summed E-state index contributed by atoms with van der Waals surface area (Å²) in [5.74, 6) is -0.406. The summed E-state index contributed by atoms with van der Waals surface area (Å²) in [6.07, 6.45) is 0. The second kappa shape index (κ2) is 9.22. The molecule has 0 aliphatic heterocycles. The van der Waals surface area contributed by atoms with E-state index in [2.05, 4.69) is 10.0 Å². The number of aliphatic hydroxyl groups is 1. The zero-order valence-electron chi connectivity index (χ0n) is 18.2. The van der Waals surface area contributed by atoms with Crippen molar-refractivity contribution in [2.45, 2.75) is 24.3 Å². The van der Waals surface area contributed by atoms with E-state index in [-0.39, 0.29) is 33.3 Å². The van der Waals surface area contributed by atoms with Crippen LogP contribution in [0.25, 0.3) is 11.3 Å². The smallest absolute Gasteiger partial charge is 0.262 e. The first-order chi connectivity index (χ1) is 15.5. The van der Waals surface area contributed by atoms with Crippen LogP contribution < -0.4 is 20.5 Å². The number of sulfonamides is 1. The fourth-order valence-corrected chi connectivity index (χ4v) is 3.93. The molecule has 0 fully saturated rings. The number of halogens is 1. The number of benzene rings is 2. The van der Waals surface area contributed by atoms with Crippen molar-refractivity contribution in [3.05, 3.63) is 60.1 Å². The second-order valence-electron chi connectivity index (χ2n) is 7.60. The minimum Gasteiger partial charge on any atom is -0.495 e. The Morgan fingerprint density at radius 3 is 2.52 bits per heavy atom. The lowest BCUT2D eigenvalue weighted by atomic mass is 10.0. The Hall–Kier alpha value is -3.41. The van der Waals surface area contributed by atoms with Crippen molar-refractivity contribution in [2.24, 2.45) is 5.73 Å². The van der Waals surface area contributed by atoms with Crippen molar-refractivity contribution in [1.29, 1.82) is 0 Å². The molecule has 0 radical (unpaired) electrons. The summed E-state index contributed by atoms with van der Waals surface area (Å²) >= 11 is 0. The maximum Gasteiger partial charge on any atom is 0.262 e. The Kier molecular flexibility index (Phi) is 6.77. The van der Waals surface area contributed by atoms with Crippen LogP contribution in [0, 0.1) is 12.7 Å². The molecule has 1 heterocycles. The number of carbonyl (C=O) groups is 1. The van der Waals surface area contributed by atoms with Gasteiger partial charge in [-0.05, 0) is 62.4 Å². The summed E-state index contributed by atoms with van der Waals surface area (Å²) in [6.45, 7) is 2.47. The van der Waals surface area contributed by atoms with Gasteiger partial charge in [0.1, 0.15) is 28.6 Å². The highest BCUT2D eigenvalue weighted by Gasteiger charge is 2.28. The minimum atomic E-state index is -4.22. The highest BCUT2D eigenvalue weighted by molar-refractivity contribution is 7.92. The van der Waals surface area contributed by atoms with Gasteiger partial charge in [0.15, 0.2) is 0 Å². The van der Waals surface area contributed by atoms with E-state index in [0.717, 1.165) is 6.07 Å². The Labute approximate surface area is 190 Å². The predicted octanol–water partition coefficient (Wildman–Crippen LogP) is 2.85. The quantitative estimate of drug-likeness (QED) is 0.390. The Morgan fingerprint density at radius 2 is 1.94 bits per heavy atom. The predicted molar refractivity (Wildman–Crippen MR) is 121 cm³/mol. The van der Waals surface area contributed by atoms with Gasteiger partial charge in [0.2, 0.25) is 5.91 Å². The lowest BCUT2D eigenvalue weighted by Crippen LogP contribution is -2.51. The van der Waals surface area contributed by atoms with Crippen LogP contribution in [-0.4, -0.2) is 38.7 Å². The van der Waals surface area contributed by atoms with Crippen molar-refractivity contribution in [1.82, 2.24) is 0 Å². The largest absolute Gasteiger partial charge is 0.495 e. The van der Waals surface area contributed by atoms with Crippen LogP contribution >= 0.6 is 0 Å². The van der Waals surface area contributed by atoms with Gasteiger partial charge in [-0.2, -0.15) is 0 Å². The van der Waals surface area contributed by atoms with E-state index in [0.29, 0.717) is 5.76 Å². The Bertz CT molecular complexity index is 1290. The number of nitrogens with one attached hydrogen (secondary N) is 2. The fourth-order valence-electron chi connectivity index (χ4n) is 2.86. The number of anilines is 2. The summed E-state index contributed by atoms with van der Waals surface area (Å²) < 4.78 is 53.4. The van der Waals surface area contributed by atoms with E-state index in [4.69, 9.17) is 14.9 Å². The zero-order valence-corrected chi connectivity index (χ0v) is 19.0. The number of aliphatic hydroxyl groups excluding tert-OH is 1. The van der Waals surface area contributed by atoms with Crippen molar-refractivity contribution in [3.8, 4) is 17.1 Å². The molecule has 0 saturated carbocycles. The Morgan fingerprint density at radius 1 is 1.21 bits per heavy atom. The summed E-state index contributed by atoms with van der Waals surface area (Å²) in [5.41, 5.74) is 4.51. The molecule has 0 bridgehead atoms. The van der Waals surface area contributed by atoms with Gasteiger partial charge in [0.05, 0.1) is 29.9 Å². The SMILES string of the molecule is COc1ccc(NC(=O)[C@@](C)(N)CO)cc1NS(=O)(=O)c1ccc(-c2ccc(C)o2)c(F)c1. The van der Waals surface area contributed by atoms with Gasteiger partial charge >= 0.3 is 0 Å². The molecule has 0 aliphatic rings. The van der Waals surface area contributed by atoms with Crippen LogP contribution in [0.5, 0.6) is 5.75 Å². The maximum atomic E-state index is 14.7. The van der Waals surface area contributed by atoms with Crippen LogP contribution in [0.3, 0.4) is 0 Å². The molecule has 1 atom stereocenters. The van der Waals surface area contributed by atoms with E-state index in [1.54, 1.807) is 19.1 Å². The molecule has 3 aromatic rings. The second-order valence-corrected chi connectivity index (χ2v) is 9.28. The number of amides is 1. The number of nitrogens with two attached hydrogens (primary N) is 1. The van der Waals surface area contributed by atoms with E-state index >= 15 is 0 Å². The molecule has 0 spiro atoms. The first kappa shape index (κ1) is 24.2. The minimum absolute atomic E-state index is 0.00386. The number of hydrogen-bond acceptors (Lipinski definition) is 7. The van der Waals surface area contributed by atoms with Gasteiger partial charge in [-0.1, -0.05) is 0 Å². The van der Waals surface area contributed by atoms with Crippen molar-refractivity contribution >= 4 is 27.3 Å². The molecule has 0 aliphatic carbocycles. The summed E-state index contributed by atoms with van der Waals surface area (Å²) in [4.78, 5) is 11.9. The molecule has 0 unspecified atom stereocenters. The fraction of sp³-hybridized carbons (Fsp3) is 0.227. The number of ether oxygens (including phenoxy) is 1. The molecule has 176 valence electrons. The van der Waals surface area contributed by atoms with E-state index in [1.807, 2.05) is 0 Å². The molecule has 11 heteroatoms. The van der Waals surface area contributed by atoms with Crippen LogP contribution in [-0.2, 0) is 14.8 Å². The molecule has 1 aromatic heterocycles. The van der Waals surface area contributed by atoms with E-state index < -0.39 is 33.9 Å². The molecule has 5 N–H and O–H groups in total. The lowest BCUT2D eigenvalue weighted by molar-refractivity contribution is -0.121. The van der Waals surface area contributed by atoms with E-state index in [1.165, 1.54) is 44.4 Å². The monoisotopic (exact) mass is 477 g/mol. The maximum absolute atomic E-state index is 14.7. The third kappa shape index (κ3) is 5.33. The lowest BCUT2D eigenvalue weighted by Gasteiger charge is -2.21. The van der Waals surface area contributed by atoms with Crippen molar-refractivity contribution < 1.29 is 31.9 Å². The van der Waals surface area contributed by atoms with Gasteiger partial charge in [0, 0.05) is 5.69 Å². The average molecular weight is 478 g/mol. The molecular weight excluding hydrogens is 453 g/mol. The highest BCUT2D eigenvalue weighted by atomic mass is 32.2. The van der Waals surface area contributed by atoms with E-state index in [9.17, 15) is 22.7 Å². The molecule has 9 nitrogen and oxygen atoms in total. The number of aryl methyl sites for hydroxylation is 1. The zero-order chi connectivity index (χ0) is 24.4. The van der Waals surface area contributed by atoms with Crippen molar-refractivity contribution in [3.63, 3.8) is 0 Å². The number of hydrogen-bond donors (Lipinski definition) is 4. The van der Waals surface area contributed by atoms with Gasteiger partial charge in [0.25, 0.3) is 10.0 Å². The molecule has 33 heavy (non-hydrogen) atoms. The van der Waals surface area contributed by atoms with Gasteiger partial charge in [-0.15, -0.1) is 0 Å². The highest BCUT2D eigenvalue weighted by Crippen LogP contribution is 2.32. The summed E-state index contributed by atoms with van der Waals surface area (Å²) in [5, 5.41) is 11.7. The summed E-state index contributed by atoms with van der Waals surface area (Å²) in [7, 11) is -2.88. The average Bonchev–Trinajstić information content (AvgIpc) is 3.19.